The van der Waals surface area contributed by atoms with Gasteiger partial charge in [0, 0.05) is 6.54 Å². The third kappa shape index (κ3) is 4.66. The third-order valence-electron chi connectivity index (χ3n) is 3.83. The molecule has 0 unspecified atom stereocenters. The van der Waals surface area contributed by atoms with E-state index in [-0.39, 0.29) is 6.61 Å². The van der Waals surface area contributed by atoms with Crippen LogP contribution >= 0.6 is 0 Å². The summed E-state index contributed by atoms with van der Waals surface area (Å²) in [4.78, 5) is 0. The highest BCUT2D eigenvalue weighted by atomic mass is 16.5. The zero-order valence-corrected chi connectivity index (χ0v) is 12.1. The van der Waals surface area contributed by atoms with Gasteiger partial charge in [-0.25, -0.2) is 0 Å². The van der Waals surface area contributed by atoms with Gasteiger partial charge in [0.2, 0.25) is 0 Å². The van der Waals surface area contributed by atoms with Crippen molar-refractivity contribution in [1.82, 2.24) is 0 Å². The van der Waals surface area contributed by atoms with Gasteiger partial charge in [-0.2, -0.15) is 0 Å². The first-order chi connectivity index (χ1) is 9.81. The summed E-state index contributed by atoms with van der Waals surface area (Å²) in [6.45, 7) is 1.33. The van der Waals surface area contributed by atoms with Crippen molar-refractivity contribution in [2.45, 2.75) is 38.7 Å². The Hall–Kier alpha value is -1.32. The second-order valence-electron chi connectivity index (χ2n) is 5.52. The summed E-state index contributed by atoms with van der Waals surface area (Å²) >= 11 is 0. The fraction of sp³-hybridized carbons (Fsp3) is 0.529. The predicted molar refractivity (Wildman–Crippen MR) is 82.5 cm³/mol. The molecular formula is C17H25NO2. The number of nitrogens with two attached hydrogens (primary N) is 1. The Morgan fingerprint density at radius 1 is 1.20 bits per heavy atom. The lowest BCUT2D eigenvalue weighted by atomic mass is 9.90. The number of aliphatic hydroxyl groups excluding tert-OH is 1. The Kier molecular flexibility index (Phi) is 6.09. The molecule has 0 amide bonds. The van der Waals surface area contributed by atoms with Crippen LogP contribution in [0.3, 0.4) is 0 Å². The Morgan fingerprint density at radius 3 is 2.70 bits per heavy atom. The molecular weight excluding hydrogens is 250 g/mol. The van der Waals surface area contributed by atoms with E-state index in [1.54, 1.807) is 0 Å². The standard InChI is InChI=1S/C17H25NO2/c18-8-4-7-15-9-16(12-19)11-17(10-15)20-13-14-5-2-1-3-6-14/h4,7,9-11,14,19H,1-3,5-6,8,12-13,18H2/b7-4+. The molecule has 1 saturated carbocycles. The molecule has 2 rings (SSSR count). The molecule has 3 heteroatoms. The quantitative estimate of drug-likeness (QED) is 0.838. The van der Waals surface area contributed by atoms with Crippen molar-refractivity contribution in [3.63, 3.8) is 0 Å². The van der Waals surface area contributed by atoms with Crippen LogP contribution < -0.4 is 10.5 Å². The van der Waals surface area contributed by atoms with Gasteiger partial charge < -0.3 is 15.6 Å². The zero-order chi connectivity index (χ0) is 14.2. The Balaban J connectivity index is 1.99. The van der Waals surface area contributed by atoms with Gasteiger partial charge in [-0.15, -0.1) is 0 Å². The van der Waals surface area contributed by atoms with Crippen LogP contribution in [-0.2, 0) is 6.61 Å². The minimum atomic E-state index is 0.0318. The molecule has 0 heterocycles. The van der Waals surface area contributed by atoms with E-state index >= 15 is 0 Å². The highest BCUT2D eigenvalue weighted by molar-refractivity contribution is 5.53. The van der Waals surface area contributed by atoms with Crippen LogP contribution in [0, 0.1) is 5.92 Å². The van der Waals surface area contributed by atoms with Crippen LogP contribution in [0.2, 0.25) is 0 Å². The van der Waals surface area contributed by atoms with Crippen molar-refractivity contribution >= 4 is 6.08 Å². The average molecular weight is 275 g/mol. The summed E-state index contributed by atoms with van der Waals surface area (Å²) in [7, 11) is 0. The number of ether oxygens (including phenoxy) is 1. The van der Waals surface area contributed by atoms with E-state index in [9.17, 15) is 5.11 Å². The highest BCUT2D eigenvalue weighted by Gasteiger charge is 2.14. The van der Waals surface area contributed by atoms with Crippen molar-refractivity contribution in [3.8, 4) is 5.75 Å². The summed E-state index contributed by atoms with van der Waals surface area (Å²) in [5.74, 6) is 1.53. The molecule has 0 aliphatic heterocycles. The maximum absolute atomic E-state index is 9.32. The van der Waals surface area contributed by atoms with Crippen molar-refractivity contribution < 1.29 is 9.84 Å². The molecule has 0 bridgehead atoms. The molecule has 1 fully saturated rings. The highest BCUT2D eigenvalue weighted by Crippen LogP contribution is 2.25. The molecule has 1 aromatic carbocycles. The second-order valence-corrected chi connectivity index (χ2v) is 5.52. The monoisotopic (exact) mass is 275 g/mol. The van der Waals surface area contributed by atoms with Crippen molar-refractivity contribution in [3.05, 3.63) is 35.4 Å². The lowest BCUT2D eigenvalue weighted by Gasteiger charge is -2.22. The van der Waals surface area contributed by atoms with Crippen LogP contribution in [-0.4, -0.2) is 18.3 Å². The van der Waals surface area contributed by atoms with Crippen LogP contribution in [0.25, 0.3) is 6.08 Å². The van der Waals surface area contributed by atoms with Gasteiger partial charge in [-0.3, -0.25) is 0 Å². The fourth-order valence-electron chi connectivity index (χ4n) is 2.73. The fourth-order valence-corrected chi connectivity index (χ4v) is 2.73. The Morgan fingerprint density at radius 2 is 2.00 bits per heavy atom. The minimum absolute atomic E-state index is 0.0318. The second kappa shape index (κ2) is 8.08. The lowest BCUT2D eigenvalue weighted by molar-refractivity contribution is 0.208. The molecule has 110 valence electrons. The SMILES string of the molecule is NC/C=C/c1cc(CO)cc(OCC2CCCCC2)c1. The number of benzene rings is 1. The summed E-state index contributed by atoms with van der Waals surface area (Å²) in [5.41, 5.74) is 7.38. The molecule has 3 N–H and O–H groups in total. The van der Waals surface area contributed by atoms with Crippen LogP contribution in [0.4, 0.5) is 0 Å². The molecule has 3 nitrogen and oxygen atoms in total. The molecule has 0 saturated heterocycles. The Bertz CT molecular complexity index is 437. The first kappa shape index (κ1) is 15.1. The zero-order valence-electron chi connectivity index (χ0n) is 12.1. The number of hydrogen-bond acceptors (Lipinski definition) is 3. The molecule has 1 aliphatic carbocycles. The number of aliphatic hydroxyl groups is 1. The minimum Gasteiger partial charge on any atom is -0.493 e. The van der Waals surface area contributed by atoms with E-state index in [0.717, 1.165) is 23.5 Å². The van der Waals surface area contributed by atoms with E-state index in [2.05, 4.69) is 0 Å². The summed E-state index contributed by atoms with van der Waals surface area (Å²) in [6, 6.07) is 5.89. The molecule has 1 aromatic rings. The molecule has 1 aliphatic rings. The largest absolute Gasteiger partial charge is 0.493 e. The van der Waals surface area contributed by atoms with Crippen molar-refractivity contribution in [1.29, 1.82) is 0 Å². The first-order valence-electron chi connectivity index (χ1n) is 7.56. The van der Waals surface area contributed by atoms with E-state index in [1.165, 1.54) is 32.1 Å². The van der Waals surface area contributed by atoms with E-state index in [1.807, 2.05) is 30.4 Å². The summed E-state index contributed by atoms with van der Waals surface area (Å²) in [5, 5.41) is 9.32. The van der Waals surface area contributed by atoms with E-state index in [0.29, 0.717) is 12.5 Å². The third-order valence-corrected chi connectivity index (χ3v) is 3.83. The normalized spacial score (nSPS) is 16.7. The predicted octanol–water partition coefficient (Wildman–Crippen LogP) is 3.11. The smallest absolute Gasteiger partial charge is 0.120 e. The number of rotatable bonds is 6. The maximum atomic E-state index is 9.32. The van der Waals surface area contributed by atoms with Crippen LogP contribution in [0.15, 0.2) is 24.3 Å². The molecule has 0 atom stereocenters. The molecule has 0 spiro atoms. The topological polar surface area (TPSA) is 55.5 Å². The van der Waals surface area contributed by atoms with Crippen LogP contribution in [0.5, 0.6) is 5.75 Å². The van der Waals surface area contributed by atoms with E-state index < -0.39 is 0 Å². The van der Waals surface area contributed by atoms with Gasteiger partial charge in [0.15, 0.2) is 0 Å². The maximum Gasteiger partial charge on any atom is 0.120 e. The van der Waals surface area contributed by atoms with E-state index in [4.69, 9.17) is 10.5 Å². The van der Waals surface area contributed by atoms with Gasteiger partial charge in [0.1, 0.15) is 5.75 Å². The lowest BCUT2D eigenvalue weighted by Crippen LogP contribution is -2.15. The van der Waals surface area contributed by atoms with Gasteiger partial charge in [0.25, 0.3) is 0 Å². The first-order valence-corrected chi connectivity index (χ1v) is 7.56. The van der Waals surface area contributed by atoms with Gasteiger partial charge in [0.05, 0.1) is 13.2 Å². The molecule has 0 radical (unpaired) electrons. The van der Waals surface area contributed by atoms with Crippen molar-refractivity contribution in [2.24, 2.45) is 11.7 Å². The average Bonchev–Trinajstić information content (AvgIpc) is 2.51. The summed E-state index contributed by atoms with van der Waals surface area (Å²) in [6.07, 6.45) is 10.4. The van der Waals surface area contributed by atoms with Gasteiger partial charge >= 0.3 is 0 Å². The van der Waals surface area contributed by atoms with Gasteiger partial charge in [-0.1, -0.05) is 31.4 Å². The summed E-state index contributed by atoms with van der Waals surface area (Å²) < 4.78 is 5.93. The number of hydrogen-bond donors (Lipinski definition) is 2. The van der Waals surface area contributed by atoms with Crippen LogP contribution in [0.1, 0.15) is 43.2 Å². The van der Waals surface area contributed by atoms with Crippen molar-refractivity contribution in [2.75, 3.05) is 13.2 Å². The Labute approximate surface area is 121 Å². The molecule has 0 aromatic heterocycles. The van der Waals surface area contributed by atoms with Gasteiger partial charge in [-0.05, 0) is 48.1 Å². The molecule has 20 heavy (non-hydrogen) atoms.